The highest BCUT2D eigenvalue weighted by atomic mass is 79.9. The van der Waals surface area contributed by atoms with Gasteiger partial charge in [-0.05, 0) is 59.6 Å². The third-order valence-electron chi connectivity index (χ3n) is 10.2. The van der Waals surface area contributed by atoms with Crippen LogP contribution >= 0.6 is 39.1 Å². The number of aromatic nitrogens is 2. The molecule has 2 atom stereocenters. The van der Waals surface area contributed by atoms with Crippen molar-refractivity contribution in [3.63, 3.8) is 0 Å². The number of benzene rings is 3. The third kappa shape index (κ3) is 11.6. The Hall–Kier alpha value is -5.07. The van der Waals surface area contributed by atoms with E-state index in [0.29, 0.717) is 76.4 Å². The molecule has 2 aromatic heterocycles. The number of nitriles is 1. The zero-order valence-corrected chi connectivity index (χ0v) is 36.4. The van der Waals surface area contributed by atoms with E-state index in [1.807, 2.05) is 67.7 Å². The van der Waals surface area contributed by atoms with Crippen molar-refractivity contribution in [2.75, 3.05) is 27.2 Å². The van der Waals surface area contributed by atoms with E-state index >= 15 is 0 Å². The largest absolute Gasteiger partial charge is 0.496 e. The molecule has 60 heavy (non-hydrogen) atoms. The van der Waals surface area contributed by atoms with Crippen LogP contribution in [0, 0.1) is 11.3 Å². The van der Waals surface area contributed by atoms with Gasteiger partial charge in [0, 0.05) is 102 Å². The van der Waals surface area contributed by atoms with Crippen molar-refractivity contribution in [3.8, 4) is 45.8 Å². The van der Waals surface area contributed by atoms with Crippen LogP contribution in [0.2, 0.25) is 10.0 Å². The smallest absolute Gasteiger partial charge is 0.231 e. The van der Waals surface area contributed by atoms with Crippen molar-refractivity contribution in [3.05, 3.63) is 121 Å². The first-order chi connectivity index (χ1) is 29.2. The summed E-state index contributed by atoms with van der Waals surface area (Å²) in [5, 5.41) is 23.5. The quantitative estimate of drug-likeness (QED) is 0.0530. The van der Waals surface area contributed by atoms with Crippen LogP contribution in [0.1, 0.15) is 53.5 Å². The second kappa shape index (κ2) is 22.0. The van der Waals surface area contributed by atoms with Gasteiger partial charge in [-0.3, -0.25) is 9.78 Å². The number of amides is 1. The van der Waals surface area contributed by atoms with Gasteiger partial charge >= 0.3 is 0 Å². The first-order valence-electron chi connectivity index (χ1n) is 19.6. The number of hydrogen-bond acceptors (Lipinski definition) is 11. The van der Waals surface area contributed by atoms with Gasteiger partial charge in [0.1, 0.15) is 31.3 Å². The standard InChI is InChI=1S/C45H46BrCl2N7O5/c1-50-34(7-5-15-56)24-52-22-31-12-11-30(18-40(31)58-2)36-8-4-10-38(43(36)48)37-9-3-6-32(42(37)47)27-60-45-39(46)17-33(23-53-25-35-13-14-41(57)54-35)44(55-45)59-26-29-16-28(19-49)20-51-21-29/h3-4,6,8-12,15-18,20-21,34-35,50,52-53H,5,7,13-14,22-27H2,1-2H3,(H,54,57). The van der Waals surface area contributed by atoms with E-state index in [4.69, 9.17) is 42.4 Å². The van der Waals surface area contributed by atoms with Crippen LogP contribution in [0.4, 0.5) is 0 Å². The fourth-order valence-corrected chi connectivity index (χ4v) is 8.00. The second-order valence-electron chi connectivity index (χ2n) is 14.3. The highest BCUT2D eigenvalue weighted by molar-refractivity contribution is 9.10. The SMILES string of the molecule is CNC(CCC=O)CNCc1ccc(-c2cccc(-c3cccc(COc4nc(OCc5cncc(C#N)c5)c(CNCC5CCC(=O)N5)cc4Br)c3Cl)c2Cl)cc1OC. The zero-order valence-electron chi connectivity index (χ0n) is 33.3. The van der Waals surface area contributed by atoms with Gasteiger partial charge in [-0.1, -0.05) is 71.7 Å². The summed E-state index contributed by atoms with van der Waals surface area (Å²) < 4.78 is 18.9. The van der Waals surface area contributed by atoms with Gasteiger partial charge in [-0.2, -0.15) is 10.2 Å². The number of hydrogen-bond donors (Lipinski definition) is 4. The molecule has 312 valence electrons. The number of likely N-dealkylation sites (N-methyl/N-ethyl adjacent to an activating group) is 1. The Bertz CT molecular complexity index is 2340. The predicted octanol–water partition coefficient (Wildman–Crippen LogP) is 7.94. The molecule has 0 saturated carbocycles. The summed E-state index contributed by atoms with van der Waals surface area (Å²) >= 11 is 17.9. The van der Waals surface area contributed by atoms with E-state index in [-0.39, 0.29) is 31.2 Å². The normalized spacial score (nSPS) is 14.0. The molecule has 6 rings (SSSR count). The molecule has 0 spiro atoms. The van der Waals surface area contributed by atoms with Gasteiger partial charge in [0.2, 0.25) is 17.7 Å². The number of halogens is 3. The fourth-order valence-electron chi connectivity index (χ4n) is 6.90. The Morgan fingerprint density at radius 1 is 0.950 bits per heavy atom. The predicted molar refractivity (Wildman–Crippen MR) is 236 cm³/mol. The first kappa shape index (κ1) is 44.5. The molecule has 12 nitrogen and oxygen atoms in total. The summed E-state index contributed by atoms with van der Waals surface area (Å²) in [6, 6.07) is 23.6. The van der Waals surface area contributed by atoms with Gasteiger partial charge in [0.25, 0.3) is 0 Å². The molecule has 1 fully saturated rings. The minimum Gasteiger partial charge on any atom is -0.496 e. The van der Waals surface area contributed by atoms with Crippen LogP contribution in [0.5, 0.6) is 17.5 Å². The second-order valence-corrected chi connectivity index (χ2v) is 15.9. The Kier molecular flexibility index (Phi) is 16.3. The minimum atomic E-state index is 0.0581. The van der Waals surface area contributed by atoms with Crippen LogP contribution < -0.4 is 35.5 Å². The lowest BCUT2D eigenvalue weighted by Crippen LogP contribution is -2.36. The number of aldehydes is 1. The van der Waals surface area contributed by atoms with Crippen LogP contribution in [0.3, 0.4) is 0 Å². The molecule has 3 aromatic carbocycles. The van der Waals surface area contributed by atoms with E-state index < -0.39 is 0 Å². The maximum Gasteiger partial charge on any atom is 0.231 e. The molecule has 3 heterocycles. The number of carbonyl (C=O) groups is 2. The van der Waals surface area contributed by atoms with E-state index in [9.17, 15) is 14.9 Å². The summed E-state index contributed by atoms with van der Waals surface area (Å²) in [5.74, 6) is 1.43. The van der Waals surface area contributed by atoms with Crippen molar-refractivity contribution in [2.24, 2.45) is 0 Å². The van der Waals surface area contributed by atoms with Crippen LogP contribution in [0.25, 0.3) is 22.3 Å². The molecular formula is C45H46BrCl2N7O5. The summed E-state index contributed by atoms with van der Waals surface area (Å²) in [6.07, 6.45) is 6.66. The maximum absolute atomic E-state index is 11.7. The lowest BCUT2D eigenvalue weighted by atomic mass is 9.96. The van der Waals surface area contributed by atoms with Crippen molar-refractivity contribution in [1.29, 1.82) is 5.26 Å². The van der Waals surface area contributed by atoms with Gasteiger partial charge in [-0.15, -0.1) is 0 Å². The zero-order chi connectivity index (χ0) is 42.4. The maximum atomic E-state index is 11.7. The van der Waals surface area contributed by atoms with Crippen molar-refractivity contribution < 1.29 is 23.8 Å². The lowest BCUT2D eigenvalue weighted by Gasteiger charge is -2.18. The van der Waals surface area contributed by atoms with E-state index in [2.05, 4.69) is 48.3 Å². The molecule has 1 saturated heterocycles. The number of methoxy groups -OCH3 is 1. The number of ether oxygens (including phenoxy) is 3. The Morgan fingerprint density at radius 2 is 1.72 bits per heavy atom. The number of nitrogens with one attached hydrogen (secondary N) is 4. The van der Waals surface area contributed by atoms with Crippen LogP contribution in [-0.4, -0.2) is 61.5 Å². The van der Waals surface area contributed by atoms with E-state index in [1.54, 1.807) is 19.4 Å². The summed E-state index contributed by atoms with van der Waals surface area (Å²) in [5.41, 5.74) is 6.86. The highest BCUT2D eigenvalue weighted by Gasteiger charge is 2.22. The molecule has 1 aliphatic heterocycles. The van der Waals surface area contributed by atoms with Gasteiger partial charge in [0.15, 0.2) is 0 Å². The van der Waals surface area contributed by atoms with Crippen LogP contribution in [0.15, 0.2) is 83.6 Å². The fraction of sp³-hybridized carbons (Fsp3) is 0.311. The van der Waals surface area contributed by atoms with E-state index in [0.717, 1.165) is 63.8 Å². The first-order valence-corrected chi connectivity index (χ1v) is 21.1. The molecule has 0 aliphatic carbocycles. The van der Waals surface area contributed by atoms with Gasteiger partial charge in [0.05, 0.1) is 27.2 Å². The molecule has 0 radical (unpaired) electrons. The molecule has 4 N–H and O–H groups in total. The number of nitrogens with zero attached hydrogens (tertiary/aromatic N) is 3. The minimum absolute atomic E-state index is 0.0581. The topological polar surface area (TPSA) is 160 Å². The molecule has 1 aliphatic rings. The number of rotatable bonds is 21. The van der Waals surface area contributed by atoms with Crippen LogP contribution in [-0.2, 0) is 35.9 Å². The van der Waals surface area contributed by atoms with Crippen molar-refractivity contribution >= 4 is 51.3 Å². The van der Waals surface area contributed by atoms with Crippen molar-refractivity contribution in [2.45, 2.75) is 64.1 Å². The highest BCUT2D eigenvalue weighted by Crippen LogP contribution is 2.41. The van der Waals surface area contributed by atoms with E-state index in [1.165, 1.54) is 6.20 Å². The molecular weight excluding hydrogens is 869 g/mol. The Labute approximate surface area is 368 Å². The average molecular weight is 916 g/mol. The average Bonchev–Trinajstić information content (AvgIpc) is 3.69. The Balaban J connectivity index is 1.18. The van der Waals surface area contributed by atoms with Gasteiger partial charge in [-0.25, -0.2) is 0 Å². The molecule has 0 bridgehead atoms. The van der Waals surface area contributed by atoms with Gasteiger partial charge < -0.3 is 40.3 Å². The number of pyridine rings is 2. The molecule has 2 unspecified atom stereocenters. The molecule has 1 amide bonds. The molecule has 15 heteroatoms. The lowest BCUT2D eigenvalue weighted by molar-refractivity contribution is -0.119. The third-order valence-corrected chi connectivity index (χ3v) is 11.6. The molecule has 5 aromatic rings. The summed E-state index contributed by atoms with van der Waals surface area (Å²) in [4.78, 5) is 31.4. The Morgan fingerprint density at radius 3 is 2.47 bits per heavy atom. The monoisotopic (exact) mass is 913 g/mol. The van der Waals surface area contributed by atoms with Crippen molar-refractivity contribution in [1.82, 2.24) is 31.2 Å². The summed E-state index contributed by atoms with van der Waals surface area (Å²) in [6.45, 7) is 2.56. The summed E-state index contributed by atoms with van der Waals surface area (Å²) in [7, 11) is 3.55. The number of carbonyl (C=O) groups excluding carboxylic acids is 2.